The second kappa shape index (κ2) is 53.9. The monoisotopic (exact) mass is 887 g/mol. The number of ether oxygens (including phenoxy) is 3. The molecule has 0 radical (unpaired) electrons. The van der Waals surface area contributed by atoms with Crippen LogP contribution in [0.15, 0.2) is 109 Å². The highest BCUT2D eigenvalue weighted by Gasteiger charge is 2.17. The summed E-state index contributed by atoms with van der Waals surface area (Å²) in [6.45, 7) is 7.50. The molecular formula is C59H98O5. The molecule has 0 fully saturated rings. The first-order valence-electron chi connectivity index (χ1n) is 26.4. The number of unbranched alkanes of at least 4 members (excludes halogenated alkanes) is 18. The fourth-order valence-electron chi connectivity index (χ4n) is 6.90. The lowest BCUT2D eigenvalue weighted by Gasteiger charge is -2.18. The Balaban J connectivity index is 4.36. The lowest BCUT2D eigenvalue weighted by Crippen LogP contribution is -2.30. The van der Waals surface area contributed by atoms with E-state index in [9.17, 15) is 9.59 Å². The Kier molecular flexibility index (Phi) is 51.0. The van der Waals surface area contributed by atoms with Crippen LogP contribution < -0.4 is 0 Å². The highest BCUT2D eigenvalue weighted by molar-refractivity contribution is 5.70. The van der Waals surface area contributed by atoms with E-state index < -0.39 is 6.10 Å². The van der Waals surface area contributed by atoms with Crippen LogP contribution in [0.5, 0.6) is 0 Å². The summed E-state index contributed by atoms with van der Waals surface area (Å²) in [5, 5.41) is 0. The minimum atomic E-state index is -0.570. The van der Waals surface area contributed by atoms with Gasteiger partial charge in [-0.2, -0.15) is 0 Å². The predicted molar refractivity (Wildman–Crippen MR) is 279 cm³/mol. The van der Waals surface area contributed by atoms with Crippen LogP contribution in [-0.2, 0) is 23.8 Å². The molecule has 1 atom stereocenters. The quantitative estimate of drug-likeness (QED) is 0.0346. The number of rotatable bonds is 47. The normalized spacial score (nSPS) is 13.1. The highest BCUT2D eigenvalue weighted by atomic mass is 16.6. The summed E-state index contributed by atoms with van der Waals surface area (Å²) in [6.07, 6.45) is 73.9. The lowest BCUT2D eigenvalue weighted by molar-refractivity contribution is -0.163. The van der Waals surface area contributed by atoms with E-state index in [4.69, 9.17) is 14.2 Å². The van der Waals surface area contributed by atoms with Gasteiger partial charge < -0.3 is 14.2 Å². The predicted octanol–water partition coefficient (Wildman–Crippen LogP) is 18.0. The lowest BCUT2D eigenvalue weighted by atomic mass is 10.1. The summed E-state index contributed by atoms with van der Waals surface area (Å²) in [4.78, 5) is 25.4. The fraction of sp³-hybridized carbons (Fsp3) is 0.661. The number of carbonyl (C=O) groups is 2. The SMILES string of the molecule is CC/C=C\C/C=C\C/C=C\C/C=C\CCCCCCCCCOCC(COC(=O)CCCC/C=C\C/C=C\C/C=C\C/C=C\CC)OC(=O)CCCCCCC/C=C\CCCCCC. The highest BCUT2D eigenvalue weighted by Crippen LogP contribution is 2.13. The molecule has 0 amide bonds. The Morgan fingerprint density at radius 1 is 0.359 bits per heavy atom. The van der Waals surface area contributed by atoms with Gasteiger partial charge in [-0.1, -0.05) is 201 Å². The maximum absolute atomic E-state index is 12.8. The van der Waals surface area contributed by atoms with E-state index in [1.807, 2.05) is 0 Å². The number of hydrogen-bond acceptors (Lipinski definition) is 5. The summed E-state index contributed by atoms with van der Waals surface area (Å²) in [7, 11) is 0. The van der Waals surface area contributed by atoms with E-state index in [1.165, 1.54) is 77.0 Å². The maximum Gasteiger partial charge on any atom is 0.306 e. The van der Waals surface area contributed by atoms with Crippen LogP contribution in [0.1, 0.15) is 226 Å². The van der Waals surface area contributed by atoms with Crippen molar-refractivity contribution < 1.29 is 23.8 Å². The average Bonchev–Trinajstić information content (AvgIpc) is 3.30. The number of esters is 2. The molecule has 0 saturated heterocycles. The minimum Gasteiger partial charge on any atom is -0.462 e. The van der Waals surface area contributed by atoms with Crippen LogP contribution in [-0.4, -0.2) is 37.9 Å². The van der Waals surface area contributed by atoms with Crippen molar-refractivity contribution in [1.82, 2.24) is 0 Å². The molecule has 0 aromatic carbocycles. The molecule has 0 heterocycles. The molecule has 0 rings (SSSR count). The van der Waals surface area contributed by atoms with E-state index in [1.54, 1.807) is 0 Å². The molecule has 0 spiro atoms. The van der Waals surface area contributed by atoms with Crippen molar-refractivity contribution in [2.75, 3.05) is 19.8 Å². The zero-order valence-electron chi connectivity index (χ0n) is 41.8. The Morgan fingerprint density at radius 2 is 0.703 bits per heavy atom. The Morgan fingerprint density at radius 3 is 1.17 bits per heavy atom. The summed E-state index contributed by atoms with van der Waals surface area (Å²) >= 11 is 0. The molecule has 0 aromatic heterocycles. The summed E-state index contributed by atoms with van der Waals surface area (Å²) in [5.41, 5.74) is 0. The van der Waals surface area contributed by atoms with E-state index in [-0.39, 0.29) is 25.2 Å². The number of carbonyl (C=O) groups excluding carboxylic acids is 2. The van der Waals surface area contributed by atoms with Crippen molar-refractivity contribution >= 4 is 11.9 Å². The average molecular weight is 887 g/mol. The first kappa shape index (κ1) is 60.6. The van der Waals surface area contributed by atoms with Crippen LogP contribution >= 0.6 is 0 Å². The number of hydrogen-bond donors (Lipinski definition) is 0. The van der Waals surface area contributed by atoms with E-state index >= 15 is 0 Å². The standard InChI is InChI=1S/C59H98O5/c1-4-7-10-13-16-19-22-25-27-28-29-30-31-33-36-39-42-45-48-51-54-62-55-57(64-59(61)53-50-47-44-41-38-34-24-21-18-15-12-9-6-3)56-63-58(60)52-49-46-43-40-37-35-32-26-23-20-17-14-11-8-5-2/h7-8,10-11,16-17,19-21,24-27,29-30,32,37,40,57H,4-6,9,12-15,18,22-23,28,31,33-36,38-39,41-56H2,1-3H3/b10-7-,11-8-,19-16-,20-17-,24-21-,27-25-,30-29-,32-26-,40-37-. The molecule has 64 heavy (non-hydrogen) atoms. The molecule has 364 valence electrons. The molecule has 0 aliphatic heterocycles. The van der Waals surface area contributed by atoms with Gasteiger partial charge in [0.2, 0.25) is 0 Å². The van der Waals surface area contributed by atoms with Crippen molar-refractivity contribution in [1.29, 1.82) is 0 Å². The van der Waals surface area contributed by atoms with Gasteiger partial charge in [0.1, 0.15) is 6.61 Å². The maximum atomic E-state index is 12.8. The van der Waals surface area contributed by atoms with Gasteiger partial charge in [0, 0.05) is 19.4 Å². The van der Waals surface area contributed by atoms with Gasteiger partial charge in [0.25, 0.3) is 0 Å². The third-order valence-corrected chi connectivity index (χ3v) is 10.8. The summed E-state index contributed by atoms with van der Waals surface area (Å²) in [5.74, 6) is -0.466. The van der Waals surface area contributed by atoms with Crippen molar-refractivity contribution in [2.45, 2.75) is 232 Å². The second-order valence-corrected chi connectivity index (χ2v) is 17.0. The molecule has 0 saturated carbocycles. The zero-order chi connectivity index (χ0) is 46.3. The third kappa shape index (κ3) is 51.2. The number of allylic oxidation sites excluding steroid dienone is 18. The van der Waals surface area contributed by atoms with E-state index in [0.717, 1.165) is 116 Å². The first-order chi connectivity index (χ1) is 31.6. The molecule has 0 N–H and O–H groups in total. The molecule has 5 nitrogen and oxygen atoms in total. The van der Waals surface area contributed by atoms with Gasteiger partial charge in [-0.25, -0.2) is 0 Å². The summed E-state index contributed by atoms with van der Waals surface area (Å²) in [6, 6.07) is 0. The largest absolute Gasteiger partial charge is 0.462 e. The smallest absolute Gasteiger partial charge is 0.306 e. The summed E-state index contributed by atoms with van der Waals surface area (Å²) < 4.78 is 17.4. The van der Waals surface area contributed by atoms with Crippen LogP contribution in [0.3, 0.4) is 0 Å². The molecule has 1 unspecified atom stereocenters. The van der Waals surface area contributed by atoms with Crippen LogP contribution in [0.25, 0.3) is 0 Å². The molecule has 0 aliphatic rings. The Labute approximate surface area is 395 Å². The van der Waals surface area contributed by atoms with Crippen molar-refractivity contribution in [3.05, 3.63) is 109 Å². The second-order valence-electron chi connectivity index (χ2n) is 17.0. The topological polar surface area (TPSA) is 61.8 Å². The van der Waals surface area contributed by atoms with Crippen LogP contribution in [0.4, 0.5) is 0 Å². The Bertz CT molecular complexity index is 1280. The van der Waals surface area contributed by atoms with Crippen LogP contribution in [0, 0.1) is 0 Å². The molecule has 0 aromatic rings. The van der Waals surface area contributed by atoms with E-state index in [0.29, 0.717) is 19.4 Å². The molecule has 0 aliphatic carbocycles. The third-order valence-electron chi connectivity index (χ3n) is 10.8. The fourth-order valence-corrected chi connectivity index (χ4v) is 6.90. The molecule has 0 bridgehead atoms. The van der Waals surface area contributed by atoms with Crippen LogP contribution in [0.2, 0.25) is 0 Å². The molecule has 5 heteroatoms. The molecular weight excluding hydrogens is 789 g/mol. The van der Waals surface area contributed by atoms with Gasteiger partial charge in [-0.15, -0.1) is 0 Å². The van der Waals surface area contributed by atoms with E-state index in [2.05, 4.69) is 130 Å². The van der Waals surface area contributed by atoms with Gasteiger partial charge >= 0.3 is 11.9 Å². The minimum absolute atomic E-state index is 0.0501. The van der Waals surface area contributed by atoms with Gasteiger partial charge in [-0.05, 0) is 122 Å². The zero-order valence-corrected chi connectivity index (χ0v) is 41.8. The Hall–Kier alpha value is -3.44. The van der Waals surface area contributed by atoms with Crippen molar-refractivity contribution in [3.63, 3.8) is 0 Å². The first-order valence-corrected chi connectivity index (χ1v) is 26.4. The van der Waals surface area contributed by atoms with Crippen molar-refractivity contribution in [3.8, 4) is 0 Å². The van der Waals surface area contributed by atoms with Gasteiger partial charge in [-0.3, -0.25) is 9.59 Å². The van der Waals surface area contributed by atoms with Crippen molar-refractivity contribution in [2.24, 2.45) is 0 Å². The van der Waals surface area contributed by atoms with Gasteiger partial charge in [0.05, 0.1) is 6.61 Å². The van der Waals surface area contributed by atoms with Gasteiger partial charge in [0.15, 0.2) is 6.10 Å².